The number of halogens is 1. The molecule has 0 unspecified atom stereocenters. The molecular weight excluding hydrogens is 406 g/mol. The molecule has 0 heterocycles. The Morgan fingerprint density at radius 2 is 1.79 bits per heavy atom. The summed E-state index contributed by atoms with van der Waals surface area (Å²) in [6.45, 7) is 3.54. The van der Waals surface area contributed by atoms with E-state index in [-0.39, 0.29) is 33.5 Å². The number of anilines is 1. The molecule has 0 atom stereocenters. The van der Waals surface area contributed by atoms with Gasteiger partial charge in [-0.15, -0.1) is 6.58 Å². The topological polar surface area (TPSA) is 82.1 Å². The first-order valence-electron chi connectivity index (χ1n) is 8.03. The van der Waals surface area contributed by atoms with Crippen LogP contribution >= 0.6 is 11.6 Å². The first-order valence-corrected chi connectivity index (χ1v) is 9.85. The van der Waals surface area contributed by atoms with Gasteiger partial charge < -0.3 is 14.2 Å². The van der Waals surface area contributed by atoms with Gasteiger partial charge in [-0.1, -0.05) is 17.7 Å². The maximum atomic E-state index is 13.3. The molecule has 2 aromatic carbocycles. The Kier molecular flexibility index (Phi) is 6.93. The minimum absolute atomic E-state index is 0.0356. The molecule has 7 nitrogen and oxygen atoms in total. The number of esters is 1. The Bertz CT molecular complexity index is 990. The van der Waals surface area contributed by atoms with E-state index in [1.807, 2.05) is 0 Å². The number of ether oxygens (including phenoxy) is 3. The van der Waals surface area contributed by atoms with Crippen molar-refractivity contribution in [1.29, 1.82) is 0 Å². The molecule has 0 aromatic heterocycles. The van der Waals surface area contributed by atoms with E-state index in [4.69, 9.17) is 25.8 Å². The van der Waals surface area contributed by atoms with E-state index in [1.54, 1.807) is 0 Å². The molecule has 0 aliphatic carbocycles. The second kappa shape index (κ2) is 8.99. The molecule has 0 bridgehead atoms. The predicted molar refractivity (Wildman–Crippen MR) is 107 cm³/mol. The van der Waals surface area contributed by atoms with E-state index >= 15 is 0 Å². The third-order valence-electron chi connectivity index (χ3n) is 3.87. The highest BCUT2D eigenvalue weighted by molar-refractivity contribution is 7.92. The van der Waals surface area contributed by atoms with Crippen LogP contribution in [0.1, 0.15) is 10.4 Å². The molecule has 0 N–H and O–H groups in total. The number of hydrogen-bond acceptors (Lipinski definition) is 6. The van der Waals surface area contributed by atoms with Crippen molar-refractivity contribution in [3.63, 3.8) is 0 Å². The SMILES string of the molecule is C=CCN(c1cc(C(=O)OC)ccc1Cl)S(=O)(=O)c1ccc(OC)c(OC)c1. The molecule has 2 aromatic rings. The number of rotatable bonds is 8. The van der Waals surface area contributed by atoms with Gasteiger partial charge >= 0.3 is 5.97 Å². The number of nitrogens with zero attached hydrogens (tertiary/aromatic N) is 1. The first kappa shape index (κ1) is 21.6. The highest BCUT2D eigenvalue weighted by Gasteiger charge is 2.28. The molecule has 150 valence electrons. The Morgan fingerprint density at radius 3 is 2.36 bits per heavy atom. The third-order valence-corrected chi connectivity index (χ3v) is 5.97. The average molecular weight is 426 g/mol. The number of sulfonamides is 1. The molecule has 9 heteroatoms. The number of methoxy groups -OCH3 is 3. The van der Waals surface area contributed by atoms with Crippen LogP contribution in [0.3, 0.4) is 0 Å². The van der Waals surface area contributed by atoms with Crippen molar-refractivity contribution in [1.82, 2.24) is 0 Å². The lowest BCUT2D eigenvalue weighted by Gasteiger charge is -2.25. The van der Waals surface area contributed by atoms with Crippen molar-refractivity contribution in [2.45, 2.75) is 4.90 Å². The molecule has 0 radical (unpaired) electrons. The van der Waals surface area contributed by atoms with Crippen molar-refractivity contribution >= 4 is 33.3 Å². The van der Waals surface area contributed by atoms with Crippen LogP contribution in [0.5, 0.6) is 11.5 Å². The molecule has 0 spiro atoms. The van der Waals surface area contributed by atoms with E-state index < -0.39 is 16.0 Å². The second-order valence-corrected chi connectivity index (χ2v) is 7.77. The van der Waals surface area contributed by atoms with E-state index in [1.165, 1.54) is 63.8 Å². The molecule has 28 heavy (non-hydrogen) atoms. The summed E-state index contributed by atoms with van der Waals surface area (Å²) in [5, 5.41) is 0.151. The van der Waals surface area contributed by atoms with Crippen LogP contribution in [0, 0.1) is 0 Å². The molecular formula is C19H20ClNO6S. The molecule has 0 fully saturated rings. The van der Waals surface area contributed by atoms with Gasteiger partial charge in [-0.25, -0.2) is 13.2 Å². The fourth-order valence-corrected chi connectivity index (χ4v) is 4.23. The van der Waals surface area contributed by atoms with Crippen LogP contribution in [0.2, 0.25) is 5.02 Å². The van der Waals surface area contributed by atoms with Gasteiger partial charge in [0.15, 0.2) is 11.5 Å². The number of carbonyl (C=O) groups is 1. The van der Waals surface area contributed by atoms with E-state index in [9.17, 15) is 13.2 Å². The van der Waals surface area contributed by atoms with Crippen LogP contribution in [-0.4, -0.2) is 42.3 Å². The summed E-state index contributed by atoms with van der Waals surface area (Å²) in [7, 11) is 0.0408. The Balaban J connectivity index is 2.63. The van der Waals surface area contributed by atoms with Gasteiger partial charge in [0.2, 0.25) is 0 Å². The molecule has 0 aliphatic rings. The summed E-state index contributed by atoms with van der Waals surface area (Å²) in [5.74, 6) is 0.0407. The summed E-state index contributed by atoms with van der Waals surface area (Å²) in [4.78, 5) is 11.8. The summed E-state index contributed by atoms with van der Waals surface area (Å²) in [6, 6.07) is 8.48. The Labute approximate surface area is 169 Å². The van der Waals surface area contributed by atoms with Crippen molar-refractivity contribution in [3.8, 4) is 11.5 Å². The third kappa shape index (κ3) is 4.23. The summed E-state index contributed by atoms with van der Waals surface area (Å²) in [5.41, 5.74) is 0.290. The highest BCUT2D eigenvalue weighted by atomic mass is 35.5. The highest BCUT2D eigenvalue weighted by Crippen LogP contribution is 2.35. The maximum Gasteiger partial charge on any atom is 0.337 e. The normalized spacial score (nSPS) is 10.9. The average Bonchev–Trinajstić information content (AvgIpc) is 2.71. The number of hydrogen-bond donors (Lipinski definition) is 0. The molecule has 2 rings (SSSR count). The van der Waals surface area contributed by atoms with Crippen molar-refractivity contribution in [2.24, 2.45) is 0 Å². The van der Waals surface area contributed by atoms with Crippen molar-refractivity contribution < 1.29 is 27.4 Å². The summed E-state index contributed by atoms with van der Waals surface area (Å²) in [6.07, 6.45) is 1.42. The molecule has 0 aliphatic heterocycles. The Morgan fingerprint density at radius 1 is 1.11 bits per heavy atom. The van der Waals surface area contributed by atoms with E-state index in [0.717, 1.165) is 4.31 Å². The van der Waals surface area contributed by atoms with Crippen LogP contribution in [0.25, 0.3) is 0 Å². The predicted octanol–water partition coefficient (Wildman–Crippen LogP) is 3.53. The van der Waals surface area contributed by atoms with Gasteiger partial charge in [0.05, 0.1) is 49.0 Å². The van der Waals surface area contributed by atoms with Crippen molar-refractivity contribution in [2.75, 3.05) is 32.2 Å². The minimum Gasteiger partial charge on any atom is -0.493 e. The monoisotopic (exact) mass is 425 g/mol. The molecule has 0 amide bonds. The van der Waals surface area contributed by atoms with Gasteiger partial charge in [-0.3, -0.25) is 4.31 Å². The lowest BCUT2D eigenvalue weighted by atomic mass is 10.2. The molecule has 0 saturated carbocycles. The van der Waals surface area contributed by atoms with Gasteiger partial charge in [0.1, 0.15) is 0 Å². The summed E-state index contributed by atoms with van der Waals surface area (Å²) >= 11 is 6.24. The zero-order chi connectivity index (χ0) is 20.9. The maximum absolute atomic E-state index is 13.3. The van der Waals surface area contributed by atoms with Gasteiger partial charge in [-0.05, 0) is 30.3 Å². The number of benzene rings is 2. The zero-order valence-corrected chi connectivity index (χ0v) is 17.2. The van der Waals surface area contributed by atoms with Crippen LogP contribution in [0.4, 0.5) is 5.69 Å². The lowest BCUT2D eigenvalue weighted by Crippen LogP contribution is -2.31. The van der Waals surface area contributed by atoms with Crippen LogP contribution in [-0.2, 0) is 14.8 Å². The van der Waals surface area contributed by atoms with E-state index in [0.29, 0.717) is 5.75 Å². The smallest absolute Gasteiger partial charge is 0.337 e. The fraction of sp³-hybridized carbons (Fsp3) is 0.211. The second-order valence-electron chi connectivity index (χ2n) is 5.50. The number of carbonyl (C=O) groups excluding carboxylic acids is 1. The summed E-state index contributed by atoms with van der Waals surface area (Å²) < 4.78 is 42.7. The van der Waals surface area contributed by atoms with Crippen LogP contribution < -0.4 is 13.8 Å². The zero-order valence-electron chi connectivity index (χ0n) is 15.6. The lowest BCUT2D eigenvalue weighted by molar-refractivity contribution is 0.0600. The van der Waals surface area contributed by atoms with Gasteiger partial charge in [-0.2, -0.15) is 0 Å². The van der Waals surface area contributed by atoms with Crippen molar-refractivity contribution in [3.05, 3.63) is 59.6 Å². The first-order chi connectivity index (χ1) is 13.3. The van der Waals surface area contributed by atoms with Gasteiger partial charge in [0.25, 0.3) is 10.0 Å². The van der Waals surface area contributed by atoms with E-state index in [2.05, 4.69) is 6.58 Å². The molecule has 0 saturated heterocycles. The van der Waals surface area contributed by atoms with Crippen LogP contribution in [0.15, 0.2) is 53.9 Å². The largest absolute Gasteiger partial charge is 0.493 e. The fourth-order valence-electron chi connectivity index (χ4n) is 2.50. The standard InChI is InChI=1S/C19H20ClNO6S/c1-5-10-21(16-11-13(19(22)27-4)6-8-15(16)20)28(23,24)14-7-9-17(25-2)18(12-14)26-3/h5-9,11-12H,1,10H2,2-4H3. The van der Waals surface area contributed by atoms with Gasteiger partial charge in [0, 0.05) is 6.07 Å². The quantitative estimate of drug-likeness (QED) is 0.475. The minimum atomic E-state index is -4.06. The Hall–Kier alpha value is -2.71.